The predicted molar refractivity (Wildman–Crippen MR) is 75.6 cm³/mol. The van der Waals surface area contributed by atoms with E-state index in [0.717, 1.165) is 25.2 Å². The summed E-state index contributed by atoms with van der Waals surface area (Å²) < 4.78 is 4.85. The average Bonchev–Trinajstić information content (AvgIpc) is 2.88. The van der Waals surface area contributed by atoms with Gasteiger partial charge in [0, 0.05) is 5.25 Å². The molecule has 0 aromatic carbocycles. The summed E-state index contributed by atoms with van der Waals surface area (Å²) in [5.74, 6) is 1.93. The van der Waals surface area contributed by atoms with Gasteiger partial charge in [0.25, 0.3) is 0 Å². The molecule has 3 nitrogen and oxygen atoms in total. The Morgan fingerprint density at radius 2 is 2.06 bits per heavy atom. The van der Waals surface area contributed by atoms with Crippen molar-refractivity contribution in [2.24, 2.45) is 11.7 Å². The zero-order valence-electron chi connectivity index (χ0n) is 11.3. The van der Waals surface area contributed by atoms with Gasteiger partial charge < -0.3 is 10.5 Å². The van der Waals surface area contributed by atoms with Crippen LogP contribution in [0.15, 0.2) is 0 Å². The van der Waals surface area contributed by atoms with Crippen LogP contribution >= 0.6 is 11.8 Å². The van der Waals surface area contributed by atoms with Gasteiger partial charge in [-0.15, -0.1) is 0 Å². The smallest absolute Gasteiger partial charge is 0.325 e. The molecule has 2 saturated carbocycles. The number of hydrogen-bond donors (Lipinski definition) is 1. The topological polar surface area (TPSA) is 52.3 Å². The zero-order valence-corrected chi connectivity index (χ0v) is 12.1. The molecule has 0 saturated heterocycles. The van der Waals surface area contributed by atoms with Crippen molar-refractivity contribution in [3.8, 4) is 0 Å². The Bertz CT molecular complexity index is 292. The highest BCUT2D eigenvalue weighted by Gasteiger charge is 2.40. The first-order valence-corrected chi connectivity index (χ1v) is 8.18. The predicted octanol–water partition coefficient (Wildman–Crippen LogP) is 2.72. The van der Waals surface area contributed by atoms with Crippen LogP contribution in [0.1, 0.15) is 51.4 Å². The van der Waals surface area contributed by atoms with E-state index in [0.29, 0.717) is 5.25 Å². The molecule has 2 fully saturated rings. The van der Waals surface area contributed by atoms with Gasteiger partial charge in [-0.05, 0) is 50.2 Å². The maximum Gasteiger partial charge on any atom is 0.325 e. The molecule has 2 rings (SSSR count). The van der Waals surface area contributed by atoms with Crippen molar-refractivity contribution in [3.05, 3.63) is 0 Å². The Morgan fingerprint density at radius 1 is 1.33 bits per heavy atom. The number of methoxy groups -OCH3 is 1. The Labute approximate surface area is 114 Å². The SMILES string of the molecule is COC(=O)C1(N)CCCC(SCC2CCCC2)C1. The summed E-state index contributed by atoms with van der Waals surface area (Å²) in [6.45, 7) is 0. The number of hydrogen-bond acceptors (Lipinski definition) is 4. The van der Waals surface area contributed by atoms with E-state index in [-0.39, 0.29) is 5.97 Å². The van der Waals surface area contributed by atoms with Gasteiger partial charge in [0.1, 0.15) is 5.54 Å². The third-order valence-electron chi connectivity index (χ3n) is 4.38. The third-order valence-corrected chi connectivity index (χ3v) is 5.91. The molecule has 4 heteroatoms. The monoisotopic (exact) mass is 271 g/mol. The summed E-state index contributed by atoms with van der Waals surface area (Å²) in [4.78, 5) is 11.7. The molecule has 0 heterocycles. The lowest BCUT2D eigenvalue weighted by Gasteiger charge is -2.35. The Hall–Kier alpha value is -0.220. The van der Waals surface area contributed by atoms with Crippen LogP contribution in [0.5, 0.6) is 0 Å². The summed E-state index contributed by atoms with van der Waals surface area (Å²) in [6, 6.07) is 0. The summed E-state index contributed by atoms with van der Waals surface area (Å²) in [7, 11) is 1.44. The van der Waals surface area contributed by atoms with Gasteiger partial charge in [-0.3, -0.25) is 4.79 Å². The molecule has 0 radical (unpaired) electrons. The minimum Gasteiger partial charge on any atom is -0.468 e. The second kappa shape index (κ2) is 6.29. The van der Waals surface area contributed by atoms with Gasteiger partial charge in [-0.2, -0.15) is 11.8 Å². The zero-order chi connectivity index (χ0) is 13.0. The largest absolute Gasteiger partial charge is 0.468 e. The minimum absolute atomic E-state index is 0.228. The first-order valence-electron chi connectivity index (χ1n) is 7.13. The van der Waals surface area contributed by atoms with Gasteiger partial charge in [0.05, 0.1) is 7.11 Å². The molecule has 2 atom stereocenters. The van der Waals surface area contributed by atoms with Gasteiger partial charge in [0.2, 0.25) is 0 Å². The fraction of sp³-hybridized carbons (Fsp3) is 0.929. The Balaban J connectivity index is 1.80. The second-order valence-electron chi connectivity index (χ2n) is 5.85. The molecule has 2 aliphatic carbocycles. The van der Waals surface area contributed by atoms with Crippen molar-refractivity contribution < 1.29 is 9.53 Å². The second-order valence-corrected chi connectivity index (χ2v) is 7.18. The van der Waals surface area contributed by atoms with Crippen LogP contribution in [0.25, 0.3) is 0 Å². The van der Waals surface area contributed by atoms with E-state index in [4.69, 9.17) is 10.5 Å². The Kier molecular flexibility index (Phi) is 4.96. The molecule has 0 bridgehead atoms. The fourth-order valence-electron chi connectivity index (χ4n) is 3.24. The maximum absolute atomic E-state index is 11.7. The van der Waals surface area contributed by atoms with E-state index >= 15 is 0 Å². The van der Waals surface area contributed by atoms with Crippen molar-refractivity contribution in [3.63, 3.8) is 0 Å². The first kappa shape index (κ1) is 14.2. The highest BCUT2D eigenvalue weighted by atomic mass is 32.2. The quantitative estimate of drug-likeness (QED) is 0.799. The first-order chi connectivity index (χ1) is 8.64. The van der Waals surface area contributed by atoms with Crippen molar-refractivity contribution in [2.75, 3.05) is 12.9 Å². The van der Waals surface area contributed by atoms with Crippen LogP contribution in [0, 0.1) is 5.92 Å². The number of carbonyl (C=O) groups excluding carboxylic acids is 1. The van der Waals surface area contributed by atoms with Crippen LogP contribution in [-0.4, -0.2) is 29.6 Å². The van der Waals surface area contributed by atoms with Crippen LogP contribution in [0.3, 0.4) is 0 Å². The molecule has 0 aromatic rings. The van der Waals surface area contributed by atoms with Crippen molar-refractivity contribution in [1.82, 2.24) is 0 Å². The third kappa shape index (κ3) is 3.41. The lowest BCUT2D eigenvalue weighted by molar-refractivity contribution is -0.148. The molecular weight excluding hydrogens is 246 g/mol. The van der Waals surface area contributed by atoms with E-state index in [1.165, 1.54) is 45.0 Å². The Morgan fingerprint density at radius 3 is 2.72 bits per heavy atom. The summed E-state index contributed by atoms with van der Waals surface area (Å²) in [5, 5.41) is 0.545. The fourth-order valence-corrected chi connectivity index (χ4v) is 4.86. The number of nitrogens with two attached hydrogens (primary N) is 1. The molecule has 0 amide bonds. The van der Waals surface area contributed by atoms with Gasteiger partial charge in [0.15, 0.2) is 0 Å². The number of ether oxygens (including phenoxy) is 1. The van der Waals surface area contributed by atoms with E-state index in [9.17, 15) is 4.79 Å². The molecular formula is C14H25NO2S. The highest BCUT2D eigenvalue weighted by Crippen LogP contribution is 2.37. The lowest BCUT2D eigenvalue weighted by Crippen LogP contribution is -2.52. The number of carbonyl (C=O) groups is 1. The van der Waals surface area contributed by atoms with Gasteiger partial charge in [-0.25, -0.2) is 0 Å². The van der Waals surface area contributed by atoms with E-state index in [1.807, 2.05) is 11.8 Å². The molecule has 0 spiro atoms. The van der Waals surface area contributed by atoms with E-state index in [2.05, 4.69) is 0 Å². The number of rotatable bonds is 4. The summed E-state index contributed by atoms with van der Waals surface area (Å²) in [5.41, 5.74) is 5.48. The van der Waals surface area contributed by atoms with Crippen molar-refractivity contribution in [2.45, 2.75) is 62.2 Å². The van der Waals surface area contributed by atoms with Crippen molar-refractivity contribution >= 4 is 17.7 Å². The molecule has 2 aliphatic rings. The van der Waals surface area contributed by atoms with E-state index in [1.54, 1.807) is 0 Å². The van der Waals surface area contributed by atoms with Gasteiger partial charge in [-0.1, -0.05) is 12.8 Å². The maximum atomic E-state index is 11.7. The van der Waals surface area contributed by atoms with Gasteiger partial charge >= 0.3 is 5.97 Å². The molecule has 0 aliphatic heterocycles. The van der Waals surface area contributed by atoms with Crippen LogP contribution in [-0.2, 0) is 9.53 Å². The molecule has 2 unspecified atom stereocenters. The minimum atomic E-state index is -0.722. The molecule has 104 valence electrons. The lowest BCUT2D eigenvalue weighted by atomic mass is 9.82. The molecule has 0 aromatic heterocycles. The highest BCUT2D eigenvalue weighted by molar-refractivity contribution is 7.99. The van der Waals surface area contributed by atoms with E-state index < -0.39 is 5.54 Å². The van der Waals surface area contributed by atoms with Crippen LogP contribution < -0.4 is 5.73 Å². The van der Waals surface area contributed by atoms with Crippen molar-refractivity contribution in [1.29, 1.82) is 0 Å². The average molecular weight is 271 g/mol. The normalized spacial score (nSPS) is 33.6. The standard InChI is InChI=1S/C14H25NO2S/c1-17-13(16)14(15)8-4-7-12(9-14)18-10-11-5-2-3-6-11/h11-12H,2-10,15H2,1H3. The molecule has 18 heavy (non-hydrogen) atoms. The number of thioether (sulfide) groups is 1. The number of esters is 1. The van der Waals surface area contributed by atoms with Crippen LogP contribution in [0.4, 0.5) is 0 Å². The summed E-state index contributed by atoms with van der Waals surface area (Å²) >= 11 is 2.04. The summed E-state index contributed by atoms with van der Waals surface area (Å²) in [6.07, 6.45) is 9.41. The van der Waals surface area contributed by atoms with Crippen LogP contribution in [0.2, 0.25) is 0 Å². The molecule has 2 N–H and O–H groups in total.